The van der Waals surface area contributed by atoms with Crippen molar-refractivity contribution in [1.29, 1.82) is 0 Å². The molecule has 1 aliphatic rings. The highest BCUT2D eigenvalue weighted by Crippen LogP contribution is 2.32. The van der Waals surface area contributed by atoms with Crippen LogP contribution in [0.3, 0.4) is 0 Å². The van der Waals surface area contributed by atoms with Crippen LogP contribution in [0.4, 0.5) is 5.95 Å². The fourth-order valence-corrected chi connectivity index (χ4v) is 5.56. The van der Waals surface area contributed by atoms with Crippen LogP contribution >= 0.6 is 46.3 Å². The second-order valence-corrected chi connectivity index (χ2v) is 10.2. The minimum atomic E-state index is 0.0148. The zero-order valence-electron chi connectivity index (χ0n) is 16.4. The van der Waals surface area contributed by atoms with Gasteiger partial charge in [0.1, 0.15) is 0 Å². The van der Waals surface area contributed by atoms with E-state index >= 15 is 0 Å². The zero-order chi connectivity index (χ0) is 21.1. The number of anilines is 1. The molecule has 0 aliphatic carbocycles. The van der Waals surface area contributed by atoms with Gasteiger partial charge in [-0.2, -0.15) is 0 Å². The van der Waals surface area contributed by atoms with Crippen molar-refractivity contribution in [1.82, 2.24) is 19.7 Å². The summed E-state index contributed by atoms with van der Waals surface area (Å²) in [5.41, 5.74) is 0.822. The standard InChI is InChI=1S/C20H21Cl2N5OS2/c1-25(12-14-8-9-17(22)30-14)18(28)13-29-20-24-23-19(26-10-4-5-11-26)27(20)16-7-3-2-6-15(16)21/h2-3,6-9H,4-5,10-13H2,1H3. The lowest BCUT2D eigenvalue weighted by molar-refractivity contribution is -0.127. The number of rotatable bonds is 7. The van der Waals surface area contributed by atoms with Crippen molar-refractivity contribution in [3.05, 3.63) is 50.6 Å². The number of hydrogen-bond acceptors (Lipinski definition) is 6. The van der Waals surface area contributed by atoms with E-state index < -0.39 is 0 Å². The average molecular weight is 482 g/mol. The molecule has 30 heavy (non-hydrogen) atoms. The molecule has 1 aromatic carbocycles. The lowest BCUT2D eigenvalue weighted by Gasteiger charge is -2.19. The number of benzene rings is 1. The normalized spacial score (nSPS) is 13.8. The van der Waals surface area contributed by atoms with E-state index in [-0.39, 0.29) is 11.7 Å². The van der Waals surface area contributed by atoms with Crippen molar-refractivity contribution >= 4 is 58.2 Å². The summed E-state index contributed by atoms with van der Waals surface area (Å²) >= 11 is 15.3. The van der Waals surface area contributed by atoms with Gasteiger partial charge in [0.15, 0.2) is 5.16 Å². The molecule has 4 rings (SSSR count). The number of carbonyl (C=O) groups is 1. The number of hydrogen-bond donors (Lipinski definition) is 0. The fraction of sp³-hybridized carbons (Fsp3) is 0.350. The van der Waals surface area contributed by atoms with Crippen molar-refractivity contribution < 1.29 is 4.79 Å². The highest BCUT2D eigenvalue weighted by atomic mass is 35.5. The molecule has 158 valence electrons. The van der Waals surface area contributed by atoms with Gasteiger partial charge in [-0.15, -0.1) is 21.5 Å². The highest BCUT2D eigenvalue weighted by molar-refractivity contribution is 7.99. The molecule has 10 heteroatoms. The summed E-state index contributed by atoms with van der Waals surface area (Å²) in [5.74, 6) is 1.05. The average Bonchev–Trinajstić information content (AvgIpc) is 3.47. The molecule has 0 saturated carbocycles. The molecule has 0 spiro atoms. The third-order valence-corrected chi connectivity index (χ3v) is 7.32. The summed E-state index contributed by atoms with van der Waals surface area (Å²) in [4.78, 5) is 17.7. The number of nitrogens with zero attached hydrogens (tertiary/aromatic N) is 5. The summed E-state index contributed by atoms with van der Waals surface area (Å²) < 4.78 is 2.69. The zero-order valence-corrected chi connectivity index (χ0v) is 19.6. The van der Waals surface area contributed by atoms with E-state index in [2.05, 4.69) is 15.1 Å². The maximum atomic E-state index is 12.7. The van der Waals surface area contributed by atoms with E-state index in [1.807, 2.05) is 41.0 Å². The van der Waals surface area contributed by atoms with E-state index in [4.69, 9.17) is 23.2 Å². The molecule has 0 N–H and O–H groups in total. The molecule has 1 amide bonds. The monoisotopic (exact) mass is 481 g/mol. The van der Waals surface area contributed by atoms with Gasteiger partial charge in [0, 0.05) is 25.0 Å². The van der Waals surface area contributed by atoms with Gasteiger partial charge in [-0.3, -0.25) is 9.36 Å². The van der Waals surface area contributed by atoms with Crippen LogP contribution in [0, 0.1) is 0 Å². The van der Waals surface area contributed by atoms with Crippen molar-refractivity contribution in [2.45, 2.75) is 24.5 Å². The smallest absolute Gasteiger partial charge is 0.233 e. The Kier molecular flexibility index (Phi) is 6.87. The number of thiophene rings is 1. The van der Waals surface area contributed by atoms with Gasteiger partial charge >= 0.3 is 0 Å². The van der Waals surface area contributed by atoms with Gasteiger partial charge < -0.3 is 9.80 Å². The largest absolute Gasteiger partial charge is 0.341 e. The van der Waals surface area contributed by atoms with Crippen LogP contribution in [-0.2, 0) is 11.3 Å². The van der Waals surface area contributed by atoms with Crippen LogP contribution in [0.2, 0.25) is 9.36 Å². The Bertz CT molecular complexity index is 1030. The quantitative estimate of drug-likeness (QED) is 0.445. The fourth-order valence-electron chi connectivity index (χ4n) is 3.32. The molecule has 1 aliphatic heterocycles. The van der Waals surface area contributed by atoms with Gasteiger partial charge in [0.2, 0.25) is 11.9 Å². The summed E-state index contributed by atoms with van der Waals surface area (Å²) in [5, 5.41) is 10.1. The molecule has 0 atom stereocenters. The molecule has 1 saturated heterocycles. The van der Waals surface area contributed by atoms with Crippen molar-refractivity contribution in [2.75, 3.05) is 30.8 Å². The first-order valence-corrected chi connectivity index (χ1v) is 12.1. The topological polar surface area (TPSA) is 54.3 Å². The lowest BCUT2D eigenvalue weighted by Crippen LogP contribution is -2.27. The first-order valence-electron chi connectivity index (χ1n) is 9.59. The molecule has 3 heterocycles. The molecule has 0 unspecified atom stereocenters. The number of para-hydroxylation sites is 1. The summed E-state index contributed by atoms with van der Waals surface area (Å²) in [6.07, 6.45) is 2.27. The molecule has 2 aromatic heterocycles. The van der Waals surface area contributed by atoms with Gasteiger partial charge in [-0.1, -0.05) is 47.1 Å². The van der Waals surface area contributed by atoms with Gasteiger partial charge in [-0.05, 0) is 37.1 Å². The van der Waals surface area contributed by atoms with Crippen LogP contribution in [0.5, 0.6) is 0 Å². The van der Waals surface area contributed by atoms with Gasteiger partial charge in [0.25, 0.3) is 0 Å². The van der Waals surface area contributed by atoms with Crippen molar-refractivity contribution in [3.8, 4) is 5.69 Å². The Morgan fingerprint density at radius 3 is 2.63 bits per heavy atom. The Hall–Kier alpha value is -1.74. The van der Waals surface area contributed by atoms with Crippen LogP contribution in [0.1, 0.15) is 17.7 Å². The SMILES string of the molecule is CN(Cc1ccc(Cl)s1)C(=O)CSc1nnc(N2CCCC2)n1-c1ccccc1Cl. The molecule has 1 fully saturated rings. The summed E-state index contributed by atoms with van der Waals surface area (Å²) in [6.45, 7) is 2.42. The maximum Gasteiger partial charge on any atom is 0.233 e. The van der Waals surface area contributed by atoms with Crippen LogP contribution in [0.15, 0.2) is 41.6 Å². The summed E-state index contributed by atoms with van der Waals surface area (Å²) in [7, 11) is 1.80. The Labute approximate surface area is 193 Å². The Balaban J connectivity index is 1.52. The molecule has 0 radical (unpaired) electrons. The van der Waals surface area contributed by atoms with Gasteiger partial charge in [0.05, 0.1) is 27.3 Å². The van der Waals surface area contributed by atoms with Crippen LogP contribution in [0.25, 0.3) is 5.69 Å². The minimum Gasteiger partial charge on any atom is -0.341 e. The first kappa shape index (κ1) is 21.5. The third-order valence-electron chi connectivity index (χ3n) is 4.87. The lowest BCUT2D eigenvalue weighted by atomic mass is 10.3. The number of carbonyl (C=O) groups excluding carboxylic acids is 1. The minimum absolute atomic E-state index is 0.0148. The number of halogens is 2. The second-order valence-electron chi connectivity index (χ2n) is 7.01. The molecule has 6 nitrogen and oxygen atoms in total. The van der Waals surface area contributed by atoms with E-state index in [0.29, 0.717) is 16.7 Å². The van der Waals surface area contributed by atoms with Crippen molar-refractivity contribution in [2.24, 2.45) is 0 Å². The molecule has 0 bridgehead atoms. The van der Waals surface area contributed by atoms with E-state index in [1.165, 1.54) is 23.1 Å². The van der Waals surface area contributed by atoms with Crippen LogP contribution in [-0.4, -0.2) is 51.5 Å². The second kappa shape index (κ2) is 9.60. The van der Waals surface area contributed by atoms with E-state index in [0.717, 1.165) is 46.8 Å². The van der Waals surface area contributed by atoms with Gasteiger partial charge in [-0.25, -0.2) is 0 Å². The number of amides is 1. The number of thioether (sulfide) groups is 1. The molecule has 3 aromatic rings. The molecular formula is C20H21Cl2N5OS2. The predicted octanol–water partition coefficient (Wildman–Crippen LogP) is 4.99. The van der Waals surface area contributed by atoms with Crippen LogP contribution < -0.4 is 4.90 Å². The maximum absolute atomic E-state index is 12.7. The summed E-state index contributed by atoms with van der Waals surface area (Å²) in [6, 6.07) is 11.4. The van der Waals surface area contributed by atoms with E-state index in [1.54, 1.807) is 11.9 Å². The first-order chi connectivity index (χ1) is 14.5. The Morgan fingerprint density at radius 1 is 1.17 bits per heavy atom. The predicted molar refractivity (Wildman–Crippen MR) is 124 cm³/mol. The number of aromatic nitrogens is 3. The Morgan fingerprint density at radius 2 is 1.93 bits per heavy atom. The van der Waals surface area contributed by atoms with Crippen molar-refractivity contribution in [3.63, 3.8) is 0 Å². The molecular weight excluding hydrogens is 461 g/mol. The van der Waals surface area contributed by atoms with E-state index in [9.17, 15) is 4.79 Å². The third kappa shape index (κ3) is 4.77. The highest BCUT2D eigenvalue weighted by Gasteiger charge is 2.24.